The summed E-state index contributed by atoms with van der Waals surface area (Å²) in [4.78, 5) is 39.7. The van der Waals surface area contributed by atoms with Crippen LogP contribution in [0.4, 0.5) is 17.8 Å². The van der Waals surface area contributed by atoms with Gasteiger partial charge in [0.1, 0.15) is 12.6 Å². The summed E-state index contributed by atoms with van der Waals surface area (Å²) in [5, 5.41) is 5.19. The molecule has 1 aromatic heterocycles. The van der Waals surface area contributed by atoms with Gasteiger partial charge < -0.3 is 15.1 Å². The van der Waals surface area contributed by atoms with Crippen LogP contribution in [0.1, 0.15) is 13.3 Å². The minimum absolute atomic E-state index is 0.0459. The second kappa shape index (κ2) is 5.90. The largest absolute Gasteiger partial charge is 0.357 e. The normalized spacial score (nSPS) is 18.5. The van der Waals surface area contributed by atoms with E-state index >= 15 is 0 Å². The molecule has 2 rings (SSSR count). The molecule has 1 fully saturated rings. The Labute approximate surface area is 122 Å². The third kappa shape index (κ3) is 3.01. The van der Waals surface area contributed by atoms with Gasteiger partial charge in [0, 0.05) is 21.1 Å². The average Bonchev–Trinajstić information content (AvgIpc) is 2.45. The van der Waals surface area contributed by atoms with Crippen molar-refractivity contribution < 1.29 is 9.59 Å². The van der Waals surface area contributed by atoms with Gasteiger partial charge >= 0.3 is 0 Å². The third-order valence-electron chi connectivity index (χ3n) is 3.13. The summed E-state index contributed by atoms with van der Waals surface area (Å²) in [5.41, 5.74) is 0. The molecule has 2 N–H and O–H groups in total. The van der Waals surface area contributed by atoms with Gasteiger partial charge in [-0.15, -0.1) is 0 Å². The fraction of sp³-hybridized carbons (Fsp3) is 0.583. The summed E-state index contributed by atoms with van der Waals surface area (Å²) in [6.45, 7) is 1.92. The highest BCUT2D eigenvalue weighted by molar-refractivity contribution is 6.04. The number of carbonyl (C=O) groups is 2. The van der Waals surface area contributed by atoms with Gasteiger partial charge in [-0.25, -0.2) is 0 Å². The molecule has 0 aliphatic carbocycles. The van der Waals surface area contributed by atoms with Crippen LogP contribution in [0.5, 0.6) is 0 Å². The molecule has 1 unspecified atom stereocenters. The van der Waals surface area contributed by atoms with Crippen molar-refractivity contribution in [3.8, 4) is 0 Å². The lowest BCUT2D eigenvalue weighted by Crippen LogP contribution is -2.58. The highest BCUT2D eigenvalue weighted by Crippen LogP contribution is 2.20. The van der Waals surface area contributed by atoms with Crippen molar-refractivity contribution in [2.75, 3.05) is 42.8 Å². The summed E-state index contributed by atoms with van der Waals surface area (Å²) < 4.78 is 0. The number of hydrogen-bond acceptors (Lipinski definition) is 8. The lowest BCUT2D eigenvalue weighted by molar-refractivity contribution is -0.133. The minimum atomic E-state index is -0.468. The molecule has 1 saturated heterocycles. The van der Waals surface area contributed by atoms with Crippen LogP contribution < -0.4 is 20.4 Å². The number of piperazine rings is 1. The first-order valence-electron chi connectivity index (χ1n) is 6.67. The highest BCUT2D eigenvalue weighted by atomic mass is 16.2. The van der Waals surface area contributed by atoms with Gasteiger partial charge in [-0.05, 0) is 6.42 Å². The fourth-order valence-electron chi connectivity index (χ4n) is 2.08. The van der Waals surface area contributed by atoms with Crippen molar-refractivity contribution in [1.29, 1.82) is 0 Å². The standard InChI is InChI=1S/C12H19N7O2/c1-5-7-9(21)14-8(20)6-19(7)12-16-10(13-2)15-11(17-12)18(3)4/h7H,5-6H2,1-4H3,(H,14,20,21)(H,13,15,16,17). The Balaban J connectivity index is 2.44. The monoisotopic (exact) mass is 293 g/mol. The molecule has 0 radical (unpaired) electrons. The molecule has 21 heavy (non-hydrogen) atoms. The van der Waals surface area contributed by atoms with Crippen molar-refractivity contribution in [2.24, 2.45) is 0 Å². The Morgan fingerprint density at radius 2 is 2.05 bits per heavy atom. The van der Waals surface area contributed by atoms with E-state index in [4.69, 9.17) is 0 Å². The molecule has 0 spiro atoms. The molecule has 1 aliphatic heterocycles. The van der Waals surface area contributed by atoms with E-state index in [1.54, 1.807) is 16.8 Å². The first-order chi connectivity index (χ1) is 9.96. The number of anilines is 3. The van der Waals surface area contributed by atoms with Gasteiger partial charge in [-0.2, -0.15) is 15.0 Å². The van der Waals surface area contributed by atoms with Crippen LogP contribution in [0.3, 0.4) is 0 Å². The molecule has 1 atom stereocenters. The van der Waals surface area contributed by atoms with E-state index in [1.165, 1.54) is 0 Å². The van der Waals surface area contributed by atoms with Crippen molar-refractivity contribution in [3.05, 3.63) is 0 Å². The first kappa shape index (κ1) is 14.9. The van der Waals surface area contributed by atoms with E-state index in [9.17, 15) is 9.59 Å². The van der Waals surface area contributed by atoms with Crippen molar-refractivity contribution in [2.45, 2.75) is 19.4 Å². The zero-order valence-electron chi connectivity index (χ0n) is 12.5. The van der Waals surface area contributed by atoms with Gasteiger partial charge in [0.2, 0.25) is 29.7 Å². The average molecular weight is 293 g/mol. The number of hydrogen-bond donors (Lipinski definition) is 2. The maximum absolute atomic E-state index is 11.9. The Bertz CT molecular complexity index is 561. The minimum Gasteiger partial charge on any atom is -0.357 e. The van der Waals surface area contributed by atoms with E-state index in [1.807, 2.05) is 21.0 Å². The number of carbonyl (C=O) groups excluding carboxylic acids is 2. The first-order valence-corrected chi connectivity index (χ1v) is 6.67. The quantitative estimate of drug-likeness (QED) is 0.697. The second-order valence-corrected chi connectivity index (χ2v) is 4.87. The summed E-state index contributed by atoms with van der Waals surface area (Å²) in [7, 11) is 5.32. The predicted molar refractivity (Wildman–Crippen MR) is 78.3 cm³/mol. The number of nitrogens with one attached hydrogen (secondary N) is 2. The molecule has 114 valence electrons. The number of nitrogens with zero attached hydrogens (tertiary/aromatic N) is 5. The molecule has 1 aromatic rings. The zero-order chi connectivity index (χ0) is 15.6. The Kier molecular flexibility index (Phi) is 4.20. The summed E-state index contributed by atoms with van der Waals surface area (Å²) >= 11 is 0. The highest BCUT2D eigenvalue weighted by Gasteiger charge is 2.34. The predicted octanol–water partition coefficient (Wildman–Crippen LogP) is -0.779. The van der Waals surface area contributed by atoms with E-state index in [-0.39, 0.29) is 18.4 Å². The van der Waals surface area contributed by atoms with Crippen LogP contribution in [0, 0.1) is 0 Å². The van der Waals surface area contributed by atoms with Crippen LogP contribution in [-0.2, 0) is 9.59 Å². The second-order valence-electron chi connectivity index (χ2n) is 4.87. The van der Waals surface area contributed by atoms with E-state index in [2.05, 4.69) is 25.6 Å². The van der Waals surface area contributed by atoms with E-state index < -0.39 is 6.04 Å². The van der Waals surface area contributed by atoms with Gasteiger partial charge in [-0.1, -0.05) is 6.92 Å². The van der Waals surface area contributed by atoms with Crippen LogP contribution >= 0.6 is 0 Å². The fourth-order valence-corrected chi connectivity index (χ4v) is 2.08. The van der Waals surface area contributed by atoms with Crippen LogP contribution in [-0.4, -0.2) is 60.5 Å². The molecule has 0 aromatic carbocycles. The zero-order valence-corrected chi connectivity index (χ0v) is 12.5. The number of amides is 2. The van der Waals surface area contributed by atoms with Crippen molar-refractivity contribution >= 4 is 29.7 Å². The van der Waals surface area contributed by atoms with Crippen LogP contribution in [0.25, 0.3) is 0 Å². The van der Waals surface area contributed by atoms with Crippen molar-refractivity contribution in [3.63, 3.8) is 0 Å². The smallest absolute Gasteiger partial charge is 0.249 e. The third-order valence-corrected chi connectivity index (χ3v) is 3.13. The van der Waals surface area contributed by atoms with Gasteiger partial charge in [-0.3, -0.25) is 14.9 Å². The van der Waals surface area contributed by atoms with E-state index in [0.29, 0.717) is 24.3 Å². The van der Waals surface area contributed by atoms with Gasteiger partial charge in [0.15, 0.2) is 0 Å². The van der Waals surface area contributed by atoms with Crippen molar-refractivity contribution in [1.82, 2.24) is 20.3 Å². The SMILES string of the molecule is CCC1C(=O)NC(=O)CN1c1nc(NC)nc(N(C)C)n1. The van der Waals surface area contributed by atoms with E-state index in [0.717, 1.165) is 0 Å². The number of rotatable bonds is 4. The molecule has 9 nitrogen and oxygen atoms in total. The molecule has 0 saturated carbocycles. The molecule has 9 heteroatoms. The topological polar surface area (TPSA) is 103 Å². The number of imide groups is 1. The Morgan fingerprint density at radius 1 is 1.33 bits per heavy atom. The molecule has 0 bridgehead atoms. The summed E-state index contributed by atoms with van der Waals surface area (Å²) in [6, 6.07) is -0.468. The number of aromatic nitrogens is 3. The summed E-state index contributed by atoms with van der Waals surface area (Å²) in [6.07, 6.45) is 0.553. The Morgan fingerprint density at radius 3 is 2.62 bits per heavy atom. The maximum atomic E-state index is 11.9. The van der Waals surface area contributed by atoms with Crippen LogP contribution in [0.15, 0.2) is 0 Å². The van der Waals surface area contributed by atoms with Crippen LogP contribution in [0.2, 0.25) is 0 Å². The summed E-state index contributed by atoms with van der Waals surface area (Å²) in [5.74, 6) is 0.469. The lowest BCUT2D eigenvalue weighted by atomic mass is 10.1. The Hall–Kier alpha value is -2.45. The molecule has 1 aliphatic rings. The molecule has 2 heterocycles. The molecular weight excluding hydrogens is 274 g/mol. The van der Waals surface area contributed by atoms with Gasteiger partial charge in [0.25, 0.3) is 0 Å². The van der Waals surface area contributed by atoms with Gasteiger partial charge in [0.05, 0.1) is 0 Å². The maximum Gasteiger partial charge on any atom is 0.249 e. The molecule has 2 amide bonds. The lowest BCUT2D eigenvalue weighted by Gasteiger charge is -2.33. The molecular formula is C12H19N7O2.